The van der Waals surface area contributed by atoms with E-state index in [1.807, 2.05) is 54.6 Å². The smallest absolute Gasteiger partial charge is 0.252 e. The number of hydrogen-bond donors (Lipinski definition) is 2. The molecule has 1 atom stereocenters. The first-order valence-electron chi connectivity index (χ1n) is 10.0. The van der Waals surface area contributed by atoms with Gasteiger partial charge in [0.1, 0.15) is 11.5 Å². The van der Waals surface area contributed by atoms with Crippen LogP contribution >= 0.6 is 0 Å². The van der Waals surface area contributed by atoms with Gasteiger partial charge in [0, 0.05) is 44.7 Å². The highest BCUT2D eigenvalue weighted by molar-refractivity contribution is 5.80. The molecular formula is C23H25N3O4. The minimum absolute atomic E-state index is 0.0696. The van der Waals surface area contributed by atoms with Gasteiger partial charge in [0.15, 0.2) is 0 Å². The van der Waals surface area contributed by atoms with Gasteiger partial charge in [-0.3, -0.25) is 14.5 Å². The molecule has 1 aliphatic rings. The van der Waals surface area contributed by atoms with E-state index in [4.69, 9.17) is 9.47 Å². The Morgan fingerprint density at radius 3 is 2.83 bits per heavy atom. The van der Waals surface area contributed by atoms with Crippen LogP contribution in [0.15, 0.2) is 59.4 Å². The average Bonchev–Trinajstić information content (AvgIpc) is 2.74. The summed E-state index contributed by atoms with van der Waals surface area (Å²) in [4.78, 5) is 28.9. The highest BCUT2D eigenvalue weighted by Crippen LogP contribution is 2.24. The number of carbonyl (C=O) groups is 1. The first kappa shape index (κ1) is 20.1. The Morgan fingerprint density at radius 2 is 2.03 bits per heavy atom. The molecule has 7 nitrogen and oxygen atoms in total. The lowest BCUT2D eigenvalue weighted by molar-refractivity contribution is -0.120. The van der Waals surface area contributed by atoms with Gasteiger partial charge in [-0.1, -0.05) is 18.2 Å². The average molecular weight is 407 g/mol. The van der Waals surface area contributed by atoms with Crippen molar-refractivity contribution in [2.45, 2.75) is 19.6 Å². The van der Waals surface area contributed by atoms with Gasteiger partial charge in [0.25, 0.3) is 5.56 Å². The molecule has 30 heavy (non-hydrogen) atoms. The molecule has 0 saturated carbocycles. The molecule has 0 radical (unpaired) electrons. The Balaban J connectivity index is 1.47. The first-order chi connectivity index (χ1) is 14.6. The minimum atomic E-state index is -0.107. The number of aromatic nitrogens is 1. The molecule has 2 N–H and O–H groups in total. The highest BCUT2D eigenvalue weighted by Gasteiger charge is 2.21. The highest BCUT2D eigenvalue weighted by atomic mass is 16.5. The maximum absolute atomic E-state index is 12.7. The summed E-state index contributed by atoms with van der Waals surface area (Å²) in [6.07, 6.45) is -0.0696. The summed E-state index contributed by atoms with van der Waals surface area (Å²) in [5.74, 6) is 1.35. The summed E-state index contributed by atoms with van der Waals surface area (Å²) >= 11 is 0. The summed E-state index contributed by atoms with van der Waals surface area (Å²) in [5, 5.41) is 3.74. The Kier molecular flexibility index (Phi) is 6.11. The SMILES string of the molecule is CC(=O)NCC1CN(Cc2cc3ccc(Oc4ccccc4)cc3[nH]c2=O)CCO1. The van der Waals surface area contributed by atoms with Crippen molar-refractivity contribution in [2.75, 3.05) is 26.2 Å². The second-order valence-corrected chi connectivity index (χ2v) is 7.45. The largest absolute Gasteiger partial charge is 0.457 e. The van der Waals surface area contributed by atoms with Crippen LogP contribution in [-0.2, 0) is 16.1 Å². The predicted molar refractivity (Wildman–Crippen MR) is 115 cm³/mol. The van der Waals surface area contributed by atoms with Crippen LogP contribution in [0.4, 0.5) is 0 Å². The molecule has 2 heterocycles. The van der Waals surface area contributed by atoms with E-state index < -0.39 is 0 Å². The number of aromatic amines is 1. The van der Waals surface area contributed by atoms with Gasteiger partial charge in [0.2, 0.25) is 5.91 Å². The van der Waals surface area contributed by atoms with E-state index in [9.17, 15) is 9.59 Å². The first-order valence-corrected chi connectivity index (χ1v) is 10.0. The fourth-order valence-electron chi connectivity index (χ4n) is 3.58. The number of pyridine rings is 1. The quantitative estimate of drug-likeness (QED) is 0.656. The number of benzene rings is 2. The van der Waals surface area contributed by atoms with Crippen molar-refractivity contribution in [2.24, 2.45) is 0 Å². The van der Waals surface area contributed by atoms with Gasteiger partial charge in [-0.2, -0.15) is 0 Å². The number of para-hydroxylation sites is 1. The number of nitrogens with zero attached hydrogens (tertiary/aromatic N) is 1. The number of rotatable bonds is 6. The van der Waals surface area contributed by atoms with Crippen LogP contribution in [0, 0.1) is 0 Å². The lowest BCUT2D eigenvalue weighted by Gasteiger charge is -2.32. The van der Waals surface area contributed by atoms with Crippen molar-refractivity contribution < 1.29 is 14.3 Å². The number of amides is 1. The molecule has 0 spiro atoms. The predicted octanol–water partition coefficient (Wildman–Crippen LogP) is 2.66. The number of H-pyrrole nitrogens is 1. The summed E-state index contributed by atoms with van der Waals surface area (Å²) in [7, 11) is 0. The third kappa shape index (κ3) is 5.06. The van der Waals surface area contributed by atoms with Crippen molar-refractivity contribution in [3.8, 4) is 11.5 Å². The molecule has 0 bridgehead atoms. The fourth-order valence-corrected chi connectivity index (χ4v) is 3.58. The maximum Gasteiger partial charge on any atom is 0.252 e. The van der Waals surface area contributed by atoms with E-state index in [1.165, 1.54) is 6.92 Å². The molecule has 3 aromatic rings. The third-order valence-electron chi connectivity index (χ3n) is 5.07. The van der Waals surface area contributed by atoms with E-state index in [-0.39, 0.29) is 17.6 Å². The Labute approximate surface area is 174 Å². The summed E-state index contributed by atoms with van der Waals surface area (Å²) in [6.45, 7) is 4.50. The van der Waals surface area contributed by atoms with E-state index in [0.717, 1.165) is 23.2 Å². The number of ether oxygens (including phenoxy) is 2. The second-order valence-electron chi connectivity index (χ2n) is 7.45. The second kappa shape index (κ2) is 9.11. The zero-order chi connectivity index (χ0) is 20.9. The van der Waals surface area contributed by atoms with Crippen molar-refractivity contribution in [1.29, 1.82) is 0 Å². The van der Waals surface area contributed by atoms with Gasteiger partial charge in [-0.05, 0) is 35.7 Å². The van der Waals surface area contributed by atoms with Crippen LogP contribution in [0.3, 0.4) is 0 Å². The molecule has 1 aliphatic heterocycles. The number of morpholine rings is 1. The zero-order valence-electron chi connectivity index (χ0n) is 16.9. The molecule has 4 rings (SSSR count). The zero-order valence-corrected chi connectivity index (χ0v) is 16.9. The van der Waals surface area contributed by atoms with Gasteiger partial charge < -0.3 is 19.8 Å². The molecule has 1 saturated heterocycles. The minimum Gasteiger partial charge on any atom is -0.457 e. The number of fused-ring (bicyclic) bond motifs is 1. The summed E-state index contributed by atoms with van der Waals surface area (Å²) in [6, 6.07) is 17.2. The molecule has 1 unspecified atom stereocenters. The van der Waals surface area contributed by atoms with Crippen molar-refractivity contribution >= 4 is 16.8 Å². The standard InChI is InChI=1S/C23H25N3O4/c1-16(27)24-13-21-15-26(9-10-29-21)14-18-11-17-7-8-20(12-22(17)25-23(18)28)30-19-5-3-2-4-6-19/h2-8,11-12,21H,9-10,13-15H2,1H3,(H,24,27)(H,25,28). The molecule has 1 amide bonds. The van der Waals surface area contributed by atoms with Gasteiger partial charge >= 0.3 is 0 Å². The van der Waals surface area contributed by atoms with Crippen LogP contribution in [-0.4, -0.2) is 48.1 Å². The molecule has 1 fully saturated rings. The third-order valence-corrected chi connectivity index (χ3v) is 5.07. The number of hydrogen-bond acceptors (Lipinski definition) is 5. The summed E-state index contributed by atoms with van der Waals surface area (Å²) in [5.41, 5.74) is 1.34. The van der Waals surface area contributed by atoms with E-state index in [0.29, 0.717) is 37.6 Å². The number of nitrogens with one attached hydrogen (secondary N) is 2. The molecular weight excluding hydrogens is 382 g/mol. The van der Waals surface area contributed by atoms with E-state index >= 15 is 0 Å². The monoisotopic (exact) mass is 407 g/mol. The fraction of sp³-hybridized carbons (Fsp3) is 0.304. The Bertz CT molecular complexity index is 1080. The normalized spacial score (nSPS) is 17.0. The van der Waals surface area contributed by atoms with Crippen molar-refractivity contribution in [3.63, 3.8) is 0 Å². The van der Waals surface area contributed by atoms with Crippen LogP contribution < -0.4 is 15.6 Å². The van der Waals surface area contributed by atoms with Gasteiger partial charge in [-0.15, -0.1) is 0 Å². The van der Waals surface area contributed by atoms with Gasteiger partial charge in [-0.25, -0.2) is 0 Å². The van der Waals surface area contributed by atoms with Crippen LogP contribution in [0.2, 0.25) is 0 Å². The topological polar surface area (TPSA) is 83.7 Å². The van der Waals surface area contributed by atoms with Crippen LogP contribution in [0.5, 0.6) is 11.5 Å². The van der Waals surface area contributed by atoms with Crippen LogP contribution in [0.25, 0.3) is 10.9 Å². The lowest BCUT2D eigenvalue weighted by Crippen LogP contribution is -2.47. The van der Waals surface area contributed by atoms with Crippen molar-refractivity contribution in [3.05, 3.63) is 70.5 Å². The maximum atomic E-state index is 12.7. The lowest BCUT2D eigenvalue weighted by atomic mass is 10.1. The Hall–Kier alpha value is -3.16. The van der Waals surface area contributed by atoms with Crippen molar-refractivity contribution in [1.82, 2.24) is 15.2 Å². The molecule has 156 valence electrons. The van der Waals surface area contributed by atoms with E-state index in [1.54, 1.807) is 0 Å². The summed E-state index contributed by atoms with van der Waals surface area (Å²) < 4.78 is 11.6. The number of carbonyl (C=O) groups excluding carboxylic acids is 1. The van der Waals surface area contributed by atoms with Crippen LogP contribution in [0.1, 0.15) is 12.5 Å². The van der Waals surface area contributed by atoms with Gasteiger partial charge in [0.05, 0.1) is 18.2 Å². The molecule has 1 aromatic heterocycles. The molecule has 0 aliphatic carbocycles. The molecule has 7 heteroatoms. The van der Waals surface area contributed by atoms with E-state index in [2.05, 4.69) is 15.2 Å². The Morgan fingerprint density at radius 1 is 1.20 bits per heavy atom. The molecule has 2 aromatic carbocycles.